The summed E-state index contributed by atoms with van der Waals surface area (Å²) in [6, 6.07) is 2.41. The smallest absolute Gasteiger partial charge is 0.132 e. The van der Waals surface area contributed by atoms with E-state index >= 15 is 0 Å². The molecular weight excluding hydrogens is 304 g/mol. The van der Waals surface area contributed by atoms with Gasteiger partial charge < -0.3 is 20.3 Å². The van der Waals surface area contributed by atoms with Crippen LogP contribution in [0.4, 0.5) is 5.82 Å². The lowest BCUT2D eigenvalue weighted by molar-refractivity contribution is -0.000186. The quantitative estimate of drug-likeness (QED) is 0.866. The van der Waals surface area contributed by atoms with Crippen molar-refractivity contribution in [3.63, 3.8) is 0 Å². The maximum Gasteiger partial charge on any atom is 0.132 e. The molecule has 1 aliphatic heterocycles. The van der Waals surface area contributed by atoms with Crippen LogP contribution in [0.1, 0.15) is 37.3 Å². The average Bonchev–Trinajstić information content (AvgIpc) is 3.05. The van der Waals surface area contributed by atoms with E-state index in [0.717, 1.165) is 50.3 Å². The fourth-order valence-electron chi connectivity index (χ4n) is 3.69. The fourth-order valence-corrected chi connectivity index (χ4v) is 3.69. The minimum Gasteiger partial charge on any atom is -0.388 e. The van der Waals surface area contributed by atoms with Gasteiger partial charge in [0.1, 0.15) is 12.1 Å². The molecule has 0 amide bonds. The van der Waals surface area contributed by atoms with Gasteiger partial charge in [0.2, 0.25) is 0 Å². The molecule has 2 aromatic heterocycles. The molecule has 3 heterocycles. The zero-order valence-corrected chi connectivity index (χ0v) is 13.8. The van der Waals surface area contributed by atoms with Crippen LogP contribution in [0.25, 0.3) is 0 Å². The number of rotatable bonds is 4. The number of hydrogen-bond donors (Lipinski definition) is 2. The highest BCUT2D eigenvalue weighted by Gasteiger charge is 2.34. The summed E-state index contributed by atoms with van der Waals surface area (Å²) in [7, 11) is 0. The molecule has 0 spiro atoms. The molecular formula is C17H24N6O. The second kappa shape index (κ2) is 6.14. The van der Waals surface area contributed by atoms with Crippen molar-refractivity contribution < 1.29 is 5.11 Å². The maximum atomic E-state index is 10.8. The molecule has 2 fully saturated rings. The zero-order valence-electron chi connectivity index (χ0n) is 13.8. The van der Waals surface area contributed by atoms with Crippen molar-refractivity contribution in [1.29, 1.82) is 0 Å². The number of aromatic nitrogens is 4. The minimum atomic E-state index is -0.673. The number of anilines is 1. The molecule has 24 heavy (non-hydrogen) atoms. The summed E-state index contributed by atoms with van der Waals surface area (Å²) in [6.07, 6.45) is 10.5. The van der Waals surface area contributed by atoms with E-state index in [2.05, 4.69) is 25.9 Å². The summed E-state index contributed by atoms with van der Waals surface area (Å²) < 4.78 is 1.94. The topological polar surface area (TPSA) is 93.1 Å². The van der Waals surface area contributed by atoms with Crippen LogP contribution < -0.4 is 10.6 Å². The second-order valence-electron chi connectivity index (χ2n) is 7.18. The van der Waals surface area contributed by atoms with Crippen LogP contribution in [0.3, 0.4) is 0 Å². The maximum absolute atomic E-state index is 10.8. The Labute approximate surface area is 141 Å². The van der Waals surface area contributed by atoms with E-state index in [9.17, 15) is 5.11 Å². The first kappa shape index (κ1) is 15.5. The van der Waals surface area contributed by atoms with Crippen molar-refractivity contribution in [2.75, 3.05) is 18.0 Å². The SMILES string of the molecule is NC1CC(c2cc(N3CCC(O)(Cn4ccnc4)CC3)ncn2)C1. The Morgan fingerprint density at radius 3 is 2.71 bits per heavy atom. The standard InChI is InChI=1S/C17H24N6O/c18-14-7-13(8-14)15-9-16(21-11-20-15)23-4-1-17(24,2-5-23)10-22-6-3-19-12-22/h3,6,9,11-14,24H,1-2,4-5,7-8,10,18H2. The summed E-state index contributed by atoms with van der Waals surface area (Å²) in [6.45, 7) is 2.19. The van der Waals surface area contributed by atoms with Crippen molar-refractivity contribution >= 4 is 5.82 Å². The van der Waals surface area contributed by atoms with Crippen LogP contribution in [0.15, 0.2) is 31.1 Å². The Morgan fingerprint density at radius 1 is 1.25 bits per heavy atom. The normalized spacial score (nSPS) is 26.2. The minimum absolute atomic E-state index is 0.321. The number of hydrogen-bond acceptors (Lipinski definition) is 6. The molecule has 0 atom stereocenters. The Bertz CT molecular complexity index is 674. The summed E-state index contributed by atoms with van der Waals surface area (Å²) in [4.78, 5) is 15.1. The van der Waals surface area contributed by atoms with Crippen LogP contribution >= 0.6 is 0 Å². The molecule has 0 aromatic carbocycles. The van der Waals surface area contributed by atoms with Crippen molar-refractivity contribution in [3.05, 3.63) is 36.8 Å². The van der Waals surface area contributed by atoms with Crippen LogP contribution in [0.5, 0.6) is 0 Å². The number of piperidine rings is 1. The van der Waals surface area contributed by atoms with E-state index in [4.69, 9.17) is 5.73 Å². The first-order valence-electron chi connectivity index (χ1n) is 8.62. The Kier molecular flexibility index (Phi) is 3.97. The van der Waals surface area contributed by atoms with Gasteiger partial charge in [-0.15, -0.1) is 0 Å². The summed E-state index contributed by atoms with van der Waals surface area (Å²) in [5.74, 6) is 1.44. The number of nitrogens with zero attached hydrogens (tertiary/aromatic N) is 5. The first-order valence-corrected chi connectivity index (χ1v) is 8.62. The summed E-state index contributed by atoms with van der Waals surface area (Å²) >= 11 is 0. The van der Waals surface area contributed by atoms with Crippen LogP contribution in [0, 0.1) is 0 Å². The lowest BCUT2D eigenvalue weighted by Crippen LogP contribution is -2.47. The molecule has 0 bridgehead atoms. The number of imidazole rings is 1. The Balaban J connectivity index is 1.39. The van der Waals surface area contributed by atoms with E-state index in [1.807, 2.05) is 10.8 Å². The van der Waals surface area contributed by atoms with Gasteiger partial charge in [-0.05, 0) is 25.7 Å². The van der Waals surface area contributed by atoms with Gasteiger partial charge in [0.15, 0.2) is 0 Å². The average molecular weight is 328 g/mol. The van der Waals surface area contributed by atoms with E-state index in [0.29, 0.717) is 18.5 Å². The van der Waals surface area contributed by atoms with Gasteiger partial charge in [-0.1, -0.05) is 0 Å². The molecule has 1 saturated heterocycles. The molecule has 2 aromatic rings. The number of nitrogens with two attached hydrogens (primary N) is 1. The van der Waals surface area contributed by atoms with Crippen molar-refractivity contribution in [2.24, 2.45) is 5.73 Å². The predicted molar refractivity (Wildman–Crippen MR) is 90.6 cm³/mol. The van der Waals surface area contributed by atoms with Crippen LogP contribution in [-0.4, -0.2) is 49.4 Å². The van der Waals surface area contributed by atoms with E-state index in [1.54, 1.807) is 18.9 Å². The monoisotopic (exact) mass is 328 g/mol. The highest BCUT2D eigenvalue weighted by Crippen LogP contribution is 2.35. The number of aliphatic hydroxyl groups is 1. The van der Waals surface area contributed by atoms with E-state index in [-0.39, 0.29) is 0 Å². The van der Waals surface area contributed by atoms with Gasteiger partial charge in [-0.3, -0.25) is 0 Å². The van der Waals surface area contributed by atoms with Gasteiger partial charge >= 0.3 is 0 Å². The Morgan fingerprint density at radius 2 is 2.04 bits per heavy atom. The van der Waals surface area contributed by atoms with Crippen molar-refractivity contribution in [3.8, 4) is 0 Å². The molecule has 0 radical (unpaired) electrons. The highest BCUT2D eigenvalue weighted by atomic mass is 16.3. The lowest BCUT2D eigenvalue weighted by Gasteiger charge is -2.39. The molecule has 0 unspecified atom stereocenters. The first-order chi connectivity index (χ1) is 11.6. The fraction of sp³-hybridized carbons (Fsp3) is 0.588. The molecule has 128 valence electrons. The van der Waals surface area contributed by atoms with Crippen molar-refractivity contribution in [2.45, 2.75) is 49.8 Å². The van der Waals surface area contributed by atoms with Gasteiger partial charge in [-0.2, -0.15) is 0 Å². The third kappa shape index (κ3) is 3.14. The summed E-state index contributed by atoms with van der Waals surface area (Å²) in [5.41, 5.74) is 6.31. The van der Waals surface area contributed by atoms with Crippen LogP contribution in [-0.2, 0) is 6.54 Å². The highest BCUT2D eigenvalue weighted by molar-refractivity contribution is 5.41. The van der Waals surface area contributed by atoms with Gasteiger partial charge in [0.25, 0.3) is 0 Å². The second-order valence-corrected chi connectivity index (χ2v) is 7.18. The lowest BCUT2D eigenvalue weighted by atomic mass is 9.78. The van der Waals surface area contributed by atoms with Gasteiger partial charge in [-0.25, -0.2) is 15.0 Å². The van der Waals surface area contributed by atoms with Gasteiger partial charge in [0.05, 0.1) is 18.5 Å². The van der Waals surface area contributed by atoms with Crippen LogP contribution in [0.2, 0.25) is 0 Å². The molecule has 7 nitrogen and oxygen atoms in total. The van der Waals surface area contributed by atoms with E-state index in [1.165, 1.54) is 0 Å². The largest absolute Gasteiger partial charge is 0.388 e. The molecule has 3 N–H and O–H groups in total. The third-order valence-electron chi connectivity index (χ3n) is 5.32. The third-order valence-corrected chi connectivity index (χ3v) is 5.32. The molecule has 1 saturated carbocycles. The molecule has 1 aliphatic carbocycles. The molecule has 7 heteroatoms. The zero-order chi connectivity index (χ0) is 16.6. The summed E-state index contributed by atoms with van der Waals surface area (Å²) in [5, 5.41) is 10.8. The van der Waals surface area contributed by atoms with Crippen molar-refractivity contribution in [1.82, 2.24) is 19.5 Å². The molecule has 4 rings (SSSR count). The van der Waals surface area contributed by atoms with E-state index < -0.39 is 5.60 Å². The predicted octanol–water partition coefficient (Wildman–Crippen LogP) is 0.909. The Hall–Kier alpha value is -1.99. The molecule has 2 aliphatic rings. The van der Waals surface area contributed by atoms with Gasteiger partial charge in [0, 0.05) is 49.2 Å².